The Morgan fingerprint density at radius 2 is 2.31 bits per heavy atom. The second kappa shape index (κ2) is 6.54. The lowest BCUT2D eigenvalue weighted by Crippen LogP contribution is -2.44. The Labute approximate surface area is 97.1 Å². The van der Waals surface area contributed by atoms with Crippen LogP contribution in [0.1, 0.15) is 19.8 Å². The standard InChI is InChI=1S/C10H21NO4S/c1-2-15-7-10(12)6-11-9-4-3-5-16(13,14)8-9/h9-12H,2-8H2,1H3. The third-order valence-corrected chi connectivity index (χ3v) is 4.44. The van der Waals surface area contributed by atoms with Crippen LogP contribution in [0, 0.1) is 0 Å². The molecule has 0 aromatic carbocycles. The predicted octanol–water partition coefficient (Wildman–Crippen LogP) is -0.449. The summed E-state index contributed by atoms with van der Waals surface area (Å²) in [5, 5.41) is 12.6. The molecule has 96 valence electrons. The van der Waals surface area contributed by atoms with Gasteiger partial charge in [0.25, 0.3) is 0 Å². The summed E-state index contributed by atoms with van der Waals surface area (Å²) in [7, 11) is -2.87. The van der Waals surface area contributed by atoms with E-state index in [1.165, 1.54) is 0 Å². The molecule has 16 heavy (non-hydrogen) atoms. The van der Waals surface area contributed by atoms with E-state index in [0.717, 1.165) is 6.42 Å². The lowest BCUT2D eigenvalue weighted by Gasteiger charge is -2.24. The molecule has 2 unspecified atom stereocenters. The molecule has 0 spiro atoms. The van der Waals surface area contributed by atoms with Crippen molar-refractivity contribution >= 4 is 9.84 Å². The summed E-state index contributed by atoms with van der Waals surface area (Å²) < 4.78 is 27.8. The molecule has 2 atom stereocenters. The molecular weight excluding hydrogens is 230 g/mol. The molecule has 2 N–H and O–H groups in total. The van der Waals surface area contributed by atoms with Crippen LogP contribution in [0.25, 0.3) is 0 Å². The zero-order valence-electron chi connectivity index (χ0n) is 9.68. The van der Waals surface area contributed by atoms with Gasteiger partial charge in [0.1, 0.15) is 0 Å². The van der Waals surface area contributed by atoms with E-state index in [0.29, 0.717) is 31.9 Å². The van der Waals surface area contributed by atoms with Gasteiger partial charge in [-0.3, -0.25) is 0 Å². The number of aliphatic hydroxyl groups excluding tert-OH is 1. The van der Waals surface area contributed by atoms with Crippen LogP contribution >= 0.6 is 0 Å². The fourth-order valence-electron chi connectivity index (χ4n) is 1.80. The highest BCUT2D eigenvalue weighted by molar-refractivity contribution is 7.91. The van der Waals surface area contributed by atoms with E-state index in [1.54, 1.807) is 0 Å². The van der Waals surface area contributed by atoms with Gasteiger partial charge in [0, 0.05) is 19.2 Å². The first-order valence-electron chi connectivity index (χ1n) is 5.73. The highest BCUT2D eigenvalue weighted by Crippen LogP contribution is 2.11. The average molecular weight is 251 g/mol. The molecule has 6 heteroatoms. The first-order valence-corrected chi connectivity index (χ1v) is 7.55. The van der Waals surface area contributed by atoms with Gasteiger partial charge >= 0.3 is 0 Å². The summed E-state index contributed by atoms with van der Waals surface area (Å²) in [4.78, 5) is 0. The molecule has 1 aliphatic heterocycles. The molecule has 0 saturated carbocycles. The van der Waals surface area contributed by atoms with Crippen molar-refractivity contribution in [1.29, 1.82) is 0 Å². The van der Waals surface area contributed by atoms with Gasteiger partial charge in [-0.1, -0.05) is 0 Å². The van der Waals surface area contributed by atoms with E-state index in [-0.39, 0.29) is 11.8 Å². The Bertz CT molecular complexity index is 291. The molecule has 0 aliphatic carbocycles. The second-order valence-electron chi connectivity index (χ2n) is 4.18. The zero-order valence-corrected chi connectivity index (χ0v) is 10.5. The zero-order chi connectivity index (χ0) is 12.0. The Morgan fingerprint density at radius 3 is 2.94 bits per heavy atom. The number of aliphatic hydroxyl groups is 1. The molecule has 0 aromatic heterocycles. The second-order valence-corrected chi connectivity index (χ2v) is 6.40. The van der Waals surface area contributed by atoms with Gasteiger partial charge in [-0.25, -0.2) is 8.42 Å². The third-order valence-electron chi connectivity index (χ3n) is 2.62. The predicted molar refractivity (Wildman–Crippen MR) is 62.2 cm³/mol. The van der Waals surface area contributed by atoms with Crippen molar-refractivity contribution in [1.82, 2.24) is 5.32 Å². The number of sulfone groups is 1. The van der Waals surface area contributed by atoms with Crippen molar-refractivity contribution in [3.63, 3.8) is 0 Å². The Balaban J connectivity index is 2.22. The van der Waals surface area contributed by atoms with Crippen molar-refractivity contribution in [2.75, 3.05) is 31.3 Å². The van der Waals surface area contributed by atoms with Crippen molar-refractivity contribution in [2.45, 2.75) is 31.9 Å². The summed E-state index contributed by atoms with van der Waals surface area (Å²) in [6.45, 7) is 3.13. The van der Waals surface area contributed by atoms with E-state index in [2.05, 4.69) is 5.32 Å². The lowest BCUT2D eigenvalue weighted by atomic mass is 10.2. The fourth-order valence-corrected chi connectivity index (χ4v) is 3.47. The highest BCUT2D eigenvalue weighted by atomic mass is 32.2. The summed E-state index contributed by atoms with van der Waals surface area (Å²) in [6.07, 6.45) is 1.01. The Kier molecular flexibility index (Phi) is 5.68. The maximum atomic E-state index is 11.4. The topological polar surface area (TPSA) is 75.6 Å². The first kappa shape index (κ1) is 13.9. The molecule has 5 nitrogen and oxygen atoms in total. The minimum Gasteiger partial charge on any atom is -0.389 e. The fraction of sp³-hybridized carbons (Fsp3) is 1.00. The molecule has 1 saturated heterocycles. The molecule has 1 rings (SSSR count). The number of hydrogen-bond acceptors (Lipinski definition) is 5. The number of nitrogens with one attached hydrogen (secondary N) is 1. The minimum absolute atomic E-state index is 0.0185. The Hall–Kier alpha value is -0.170. The van der Waals surface area contributed by atoms with Gasteiger partial charge in [0.15, 0.2) is 9.84 Å². The molecule has 0 amide bonds. The SMILES string of the molecule is CCOCC(O)CNC1CCCS(=O)(=O)C1. The summed E-state index contributed by atoms with van der Waals surface area (Å²) in [6, 6.07) is -0.0185. The van der Waals surface area contributed by atoms with Crippen LogP contribution in [-0.2, 0) is 14.6 Å². The van der Waals surface area contributed by atoms with Gasteiger partial charge in [-0.2, -0.15) is 0 Å². The van der Waals surface area contributed by atoms with Crippen molar-refractivity contribution in [3.05, 3.63) is 0 Å². The van der Waals surface area contributed by atoms with Crippen LogP contribution in [0.4, 0.5) is 0 Å². The van der Waals surface area contributed by atoms with Gasteiger partial charge in [-0.15, -0.1) is 0 Å². The van der Waals surface area contributed by atoms with E-state index in [1.807, 2.05) is 6.92 Å². The molecule has 0 aromatic rings. The first-order chi connectivity index (χ1) is 7.53. The maximum Gasteiger partial charge on any atom is 0.151 e. The maximum absolute atomic E-state index is 11.4. The van der Waals surface area contributed by atoms with Crippen LogP contribution in [0.2, 0.25) is 0 Å². The van der Waals surface area contributed by atoms with Gasteiger partial charge < -0.3 is 15.2 Å². The van der Waals surface area contributed by atoms with E-state index < -0.39 is 15.9 Å². The van der Waals surface area contributed by atoms with Gasteiger partial charge in [-0.05, 0) is 19.8 Å². The van der Waals surface area contributed by atoms with Crippen molar-refractivity contribution in [3.8, 4) is 0 Å². The molecule has 1 aliphatic rings. The van der Waals surface area contributed by atoms with Gasteiger partial charge in [0.2, 0.25) is 0 Å². The smallest absolute Gasteiger partial charge is 0.151 e. The molecule has 1 fully saturated rings. The van der Waals surface area contributed by atoms with Crippen LogP contribution in [-0.4, -0.2) is 56.9 Å². The van der Waals surface area contributed by atoms with Crippen LogP contribution < -0.4 is 5.32 Å². The average Bonchev–Trinajstić information content (AvgIpc) is 2.22. The summed E-state index contributed by atoms with van der Waals surface area (Å²) >= 11 is 0. The third kappa shape index (κ3) is 5.25. The van der Waals surface area contributed by atoms with E-state index in [9.17, 15) is 13.5 Å². The summed E-state index contributed by atoms with van der Waals surface area (Å²) in [5.74, 6) is 0.487. The van der Waals surface area contributed by atoms with Crippen molar-refractivity contribution in [2.24, 2.45) is 0 Å². The number of ether oxygens (including phenoxy) is 1. The molecule has 0 radical (unpaired) electrons. The number of hydrogen-bond donors (Lipinski definition) is 2. The highest BCUT2D eigenvalue weighted by Gasteiger charge is 2.24. The molecular formula is C10H21NO4S. The number of rotatable bonds is 6. The van der Waals surface area contributed by atoms with E-state index >= 15 is 0 Å². The molecule has 0 bridgehead atoms. The van der Waals surface area contributed by atoms with Gasteiger partial charge in [0.05, 0.1) is 24.2 Å². The quantitative estimate of drug-likeness (QED) is 0.669. The summed E-state index contributed by atoms with van der Waals surface area (Å²) in [5.41, 5.74) is 0. The van der Waals surface area contributed by atoms with Crippen molar-refractivity contribution < 1.29 is 18.3 Å². The van der Waals surface area contributed by atoms with Crippen LogP contribution in [0.15, 0.2) is 0 Å². The largest absolute Gasteiger partial charge is 0.389 e. The van der Waals surface area contributed by atoms with E-state index in [4.69, 9.17) is 4.74 Å². The van der Waals surface area contributed by atoms with Crippen LogP contribution in [0.3, 0.4) is 0 Å². The normalized spacial score (nSPS) is 26.5. The lowest BCUT2D eigenvalue weighted by molar-refractivity contribution is 0.0415. The Morgan fingerprint density at radius 1 is 1.56 bits per heavy atom. The monoisotopic (exact) mass is 251 g/mol. The van der Waals surface area contributed by atoms with Crippen LogP contribution in [0.5, 0.6) is 0 Å². The molecule has 1 heterocycles. The minimum atomic E-state index is -2.87.